The largest absolute Gasteiger partial charge is 0.342 e. The van der Waals surface area contributed by atoms with Crippen molar-refractivity contribution in [2.45, 2.75) is 45.7 Å². The van der Waals surface area contributed by atoms with E-state index < -0.39 is 0 Å². The van der Waals surface area contributed by atoms with Gasteiger partial charge < -0.3 is 15.2 Å². The Hall–Kier alpha value is -1.03. The quantitative estimate of drug-likeness (QED) is 0.843. The van der Waals surface area contributed by atoms with Gasteiger partial charge in [-0.05, 0) is 26.2 Å². The van der Waals surface area contributed by atoms with Crippen LogP contribution in [0.5, 0.6) is 0 Å². The van der Waals surface area contributed by atoms with E-state index in [1.807, 2.05) is 0 Å². The van der Waals surface area contributed by atoms with Gasteiger partial charge in [-0.2, -0.15) is 0 Å². The van der Waals surface area contributed by atoms with Crippen LogP contribution in [0, 0.1) is 6.92 Å². The standard InChI is InChI=1S/C12H22N4/c1-3-6-16-9-10(2)14-12(16)15-7-4-11(13)5-8-15/h9,11H,3-8,13H2,1-2H3. The van der Waals surface area contributed by atoms with E-state index in [2.05, 4.69) is 34.5 Å². The van der Waals surface area contributed by atoms with Gasteiger partial charge in [-0.1, -0.05) is 6.92 Å². The number of imidazole rings is 1. The summed E-state index contributed by atoms with van der Waals surface area (Å²) in [5, 5.41) is 0. The molecule has 0 saturated carbocycles. The van der Waals surface area contributed by atoms with Gasteiger partial charge in [0, 0.05) is 31.9 Å². The molecule has 0 amide bonds. The molecule has 0 atom stereocenters. The van der Waals surface area contributed by atoms with E-state index in [0.717, 1.165) is 50.5 Å². The predicted octanol–water partition coefficient (Wildman–Crippen LogP) is 1.53. The van der Waals surface area contributed by atoms with Crippen LogP contribution < -0.4 is 10.6 Å². The molecule has 1 saturated heterocycles. The molecular weight excluding hydrogens is 200 g/mol. The average molecular weight is 222 g/mol. The molecule has 16 heavy (non-hydrogen) atoms. The summed E-state index contributed by atoms with van der Waals surface area (Å²) in [5.41, 5.74) is 7.03. The summed E-state index contributed by atoms with van der Waals surface area (Å²) < 4.78 is 2.27. The molecule has 0 bridgehead atoms. The number of nitrogens with zero attached hydrogens (tertiary/aromatic N) is 3. The zero-order valence-corrected chi connectivity index (χ0v) is 10.3. The Morgan fingerprint density at radius 1 is 1.44 bits per heavy atom. The number of rotatable bonds is 3. The van der Waals surface area contributed by atoms with Crippen LogP contribution in [0.4, 0.5) is 5.95 Å². The van der Waals surface area contributed by atoms with Crippen LogP contribution in [0.15, 0.2) is 6.20 Å². The van der Waals surface area contributed by atoms with Crippen LogP contribution in [0.3, 0.4) is 0 Å². The molecule has 2 N–H and O–H groups in total. The lowest BCUT2D eigenvalue weighted by molar-refractivity contribution is 0.488. The Morgan fingerprint density at radius 2 is 2.12 bits per heavy atom. The fraction of sp³-hybridized carbons (Fsp3) is 0.750. The van der Waals surface area contributed by atoms with Crippen LogP contribution in [0.2, 0.25) is 0 Å². The highest BCUT2D eigenvalue weighted by Gasteiger charge is 2.20. The third-order valence-electron chi connectivity index (χ3n) is 3.16. The highest BCUT2D eigenvalue weighted by atomic mass is 15.3. The van der Waals surface area contributed by atoms with E-state index in [1.165, 1.54) is 0 Å². The molecular formula is C12H22N4. The number of nitrogens with two attached hydrogens (primary N) is 1. The van der Waals surface area contributed by atoms with Gasteiger partial charge in [-0.3, -0.25) is 0 Å². The summed E-state index contributed by atoms with van der Waals surface area (Å²) >= 11 is 0. The maximum absolute atomic E-state index is 5.92. The van der Waals surface area contributed by atoms with Crippen molar-refractivity contribution >= 4 is 5.95 Å². The van der Waals surface area contributed by atoms with Crippen LogP contribution in [-0.4, -0.2) is 28.7 Å². The summed E-state index contributed by atoms with van der Waals surface area (Å²) in [6, 6.07) is 0.381. The summed E-state index contributed by atoms with van der Waals surface area (Å²) in [5.74, 6) is 1.13. The van der Waals surface area contributed by atoms with Crippen molar-refractivity contribution in [3.05, 3.63) is 11.9 Å². The molecule has 4 nitrogen and oxygen atoms in total. The van der Waals surface area contributed by atoms with Crippen molar-refractivity contribution in [3.63, 3.8) is 0 Å². The average Bonchev–Trinajstić information content (AvgIpc) is 2.61. The first-order valence-corrected chi connectivity index (χ1v) is 6.25. The van der Waals surface area contributed by atoms with Gasteiger partial charge in [0.15, 0.2) is 0 Å². The molecule has 2 rings (SSSR count). The topological polar surface area (TPSA) is 47.1 Å². The molecule has 0 unspecified atom stereocenters. The summed E-state index contributed by atoms with van der Waals surface area (Å²) in [6.45, 7) is 7.40. The maximum Gasteiger partial charge on any atom is 0.205 e. The molecule has 1 aliphatic heterocycles. The number of hydrogen-bond acceptors (Lipinski definition) is 3. The normalized spacial score (nSPS) is 18.1. The third kappa shape index (κ3) is 2.38. The van der Waals surface area contributed by atoms with Crippen LogP contribution in [0.1, 0.15) is 31.9 Å². The number of piperidine rings is 1. The lowest BCUT2D eigenvalue weighted by Crippen LogP contribution is -2.40. The van der Waals surface area contributed by atoms with E-state index >= 15 is 0 Å². The van der Waals surface area contributed by atoms with E-state index in [9.17, 15) is 0 Å². The minimum absolute atomic E-state index is 0.381. The van der Waals surface area contributed by atoms with Gasteiger partial charge in [0.2, 0.25) is 5.95 Å². The number of aromatic nitrogens is 2. The predicted molar refractivity (Wildman–Crippen MR) is 66.7 cm³/mol. The van der Waals surface area contributed by atoms with Crippen LogP contribution in [0.25, 0.3) is 0 Å². The molecule has 1 aromatic rings. The summed E-state index contributed by atoms with van der Waals surface area (Å²) in [4.78, 5) is 6.99. The van der Waals surface area contributed by atoms with E-state index in [4.69, 9.17) is 5.73 Å². The van der Waals surface area contributed by atoms with E-state index in [-0.39, 0.29) is 0 Å². The van der Waals surface area contributed by atoms with E-state index in [1.54, 1.807) is 0 Å². The Labute approximate surface area is 97.4 Å². The lowest BCUT2D eigenvalue weighted by Gasteiger charge is -2.31. The summed E-state index contributed by atoms with van der Waals surface area (Å²) in [6.07, 6.45) is 5.46. The van der Waals surface area contributed by atoms with Crippen molar-refractivity contribution in [2.75, 3.05) is 18.0 Å². The van der Waals surface area contributed by atoms with Crippen molar-refractivity contribution in [1.82, 2.24) is 9.55 Å². The highest BCUT2D eigenvalue weighted by molar-refractivity contribution is 5.34. The molecule has 1 aromatic heterocycles. The van der Waals surface area contributed by atoms with Gasteiger partial charge in [0.05, 0.1) is 5.69 Å². The number of hydrogen-bond donors (Lipinski definition) is 1. The SMILES string of the molecule is CCCn1cc(C)nc1N1CCC(N)CC1. The van der Waals surface area contributed by atoms with Crippen LogP contribution in [-0.2, 0) is 6.54 Å². The van der Waals surface area contributed by atoms with Crippen molar-refractivity contribution in [3.8, 4) is 0 Å². The molecule has 4 heteroatoms. The Balaban J connectivity index is 2.12. The maximum atomic E-state index is 5.92. The highest BCUT2D eigenvalue weighted by Crippen LogP contribution is 2.19. The molecule has 0 aromatic carbocycles. The third-order valence-corrected chi connectivity index (χ3v) is 3.16. The smallest absolute Gasteiger partial charge is 0.205 e. The molecule has 1 aliphatic rings. The van der Waals surface area contributed by atoms with Gasteiger partial charge >= 0.3 is 0 Å². The van der Waals surface area contributed by atoms with E-state index in [0.29, 0.717) is 6.04 Å². The minimum Gasteiger partial charge on any atom is -0.342 e. The fourth-order valence-electron chi connectivity index (χ4n) is 2.29. The zero-order chi connectivity index (χ0) is 11.5. The van der Waals surface area contributed by atoms with Gasteiger partial charge in [-0.15, -0.1) is 0 Å². The first-order chi connectivity index (χ1) is 7.70. The zero-order valence-electron chi connectivity index (χ0n) is 10.3. The molecule has 90 valence electrons. The minimum atomic E-state index is 0.381. The molecule has 0 aliphatic carbocycles. The second-order valence-electron chi connectivity index (χ2n) is 4.70. The Kier molecular flexibility index (Phi) is 3.49. The number of aryl methyl sites for hydroxylation is 2. The lowest BCUT2D eigenvalue weighted by atomic mass is 10.1. The van der Waals surface area contributed by atoms with Crippen molar-refractivity contribution in [2.24, 2.45) is 5.73 Å². The fourth-order valence-corrected chi connectivity index (χ4v) is 2.29. The second-order valence-corrected chi connectivity index (χ2v) is 4.70. The first-order valence-electron chi connectivity index (χ1n) is 6.25. The van der Waals surface area contributed by atoms with Gasteiger partial charge in [-0.25, -0.2) is 4.98 Å². The summed E-state index contributed by atoms with van der Waals surface area (Å²) in [7, 11) is 0. The van der Waals surface area contributed by atoms with Gasteiger partial charge in [0.1, 0.15) is 0 Å². The Bertz CT molecular complexity index is 337. The van der Waals surface area contributed by atoms with Crippen molar-refractivity contribution in [1.29, 1.82) is 0 Å². The van der Waals surface area contributed by atoms with Crippen molar-refractivity contribution < 1.29 is 0 Å². The first kappa shape index (κ1) is 11.5. The monoisotopic (exact) mass is 222 g/mol. The Morgan fingerprint density at radius 3 is 2.75 bits per heavy atom. The molecule has 0 spiro atoms. The van der Waals surface area contributed by atoms with Crippen LogP contribution >= 0.6 is 0 Å². The molecule has 0 radical (unpaired) electrons. The second kappa shape index (κ2) is 4.87. The molecule has 2 heterocycles. The van der Waals surface area contributed by atoms with Gasteiger partial charge in [0.25, 0.3) is 0 Å². The number of anilines is 1. The molecule has 1 fully saturated rings.